The van der Waals surface area contributed by atoms with Gasteiger partial charge in [0.2, 0.25) is 0 Å². The van der Waals surface area contributed by atoms with E-state index in [0.29, 0.717) is 16.5 Å². The highest BCUT2D eigenvalue weighted by atomic mass is 32.1. The highest BCUT2D eigenvalue weighted by Crippen LogP contribution is 2.38. The quantitative estimate of drug-likeness (QED) is 0.834. The molecule has 0 N–H and O–H groups in total. The van der Waals surface area contributed by atoms with Crippen LogP contribution in [0.3, 0.4) is 0 Å². The van der Waals surface area contributed by atoms with Crippen molar-refractivity contribution in [3.63, 3.8) is 0 Å². The van der Waals surface area contributed by atoms with Gasteiger partial charge >= 0.3 is 0 Å². The van der Waals surface area contributed by atoms with Gasteiger partial charge in [0.15, 0.2) is 10.8 Å². The van der Waals surface area contributed by atoms with Crippen LogP contribution in [0.25, 0.3) is 0 Å². The number of rotatable bonds is 4. The van der Waals surface area contributed by atoms with Crippen molar-refractivity contribution in [3.8, 4) is 5.06 Å². The highest BCUT2D eigenvalue weighted by Gasteiger charge is 2.37. The summed E-state index contributed by atoms with van der Waals surface area (Å²) in [6.45, 7) is 4.32. The number of carbonyl (C=O) groups excluding carboxylic acids is 1. The van der Waals surface area contributed by atoms with Crippen LogP contribution >= 0.6 is 11.3 Å². The van der Waals surface area contributed by atoms with E-state index < -0.39 is 0 Å². The molecule has 1 aromatic heterocycles. The summed E-state index contributed by atoms with van der Waals surface area (Å²) in [7, 11) is 1.45. The average Bonchev–Trinajstić information content (AvgIpc) is 3.10. The maximum atomic E-state index is 14.1. The minimum absolute atomic E-state index is 0.128. The molecule has 0 radical (unpaired) electrons. The predicted molar refractivity (Wildman–Crippen MR) is 87.0 cm³/mol. The average molecular weight is 335 g/mol. The van der Waals surface area contributed by atoms with Gasteiger partial charge in [-0.05, 0) is 43.7 Å². The van der Waals surface area contributed by atoms with Gasteiger partial charge in [-0.1, -0.05) is 11.3 Å². The molecular weight excluding hydrogens is 317 g/mol. The van der Waals surface area contributed by atoms with Crippen LogP contribution in [0.15, 0.2) is 47.1 Å². The lowest BCUT2D eigenvalue weighted by atomic mass is 9.98. The van der Waals surface area contributed by atoms with E-state index in [9.17, 15) is 9.18 Å². The lowest BCUT2D eigenvalue weighted by Gasteiger charge is -2.28. The molecule has 0 spiro atoms. The molecule has 1 atom stereocenters. The van der Waals surface area contributed by atoms with Gasteiger partial charge in [-0.3, -0.25) is 4.79 Å². The third-order valence-corrected chi connectivity index (χ3v) is 4.89. The molecule has 4 nitrogen and oxygen atoms in total. The second kappa shape index (κ2) is 6.20. The van der Waals surface area contributed by atoms with Crippen LogP contribution < -0.4 is 4.74 Å². The molecule has 0 saturated heterocycles. The highest BCUT2D eigenvalue weighted by molar-refractivity contribution is 7.15. The predicted octanol–water partition coefficient (Wildman–Crippen LogP) is 4.03. The summed E-state index contributed by atoms with van der Waals surface area (Å²) in [5.41, 5.74) is 1.71. The number of hydrogen-bond donors (Lipinski definition) is 0. The van der Waals surface area contributed by atoms with E-state index >= 15 is 0 Å². The smallest absolute Gasteiger partial charge is 0.268 e. The lowest BCUT2D eigenvalue weighted by Crippen LogP contribution is -2.36. The Morgan fingerprint density at radius 2 is 2.22 bits per heavy atom. The monoisotopic (exact) mass is 335 g/mol. The number of methoxy groups -OCH3 is 1. The molecule has 3 rings (SSSR count). The standard InChI is InChI=1S/C17H18FNO3S/c1-4-22-16-6-5-15(23-16)17(20)19-10(2)7-11-8-14(21-3)12(18)9-13(11)19/h5-8,13H,4,9H2,1-3H3. The first-order valence-electron chi connectivity index (χ1n) is 7.43. The van der Waals surface area contributed by atoms with Gasteiger partial charge in [-0.25, -0.2) is 4.39 Å². The zero-order valence-electron chi connectivity index (χ0n) is 13.3. The van der Waals surface area contributed by atoms with E-state index in [1.165, 1.54) is 18.4 Å². The Kier molecular flexibility index (Phi) is 4.26. The molecule has 2 heterocycles. The summed E-state index contributed by atoms with van der Waals surface area (Å²) in [5.74, 6) is -0.218. The second-order valence-electron chi connectivity index (χ2n) is 5.35. The van der Waals surface area contributed by atoms with E-state index in [0.717, 1.165) is 11.3 Å². The van der Waals surface area contributed by atoms with Crippen molar-refractivity contribution in [2.45, 2.75) is 26.3 Å². The molecule has 0 saturated carbocycles. The molecule has 23 heavy (non-hydrogen) atoms. The third kappa shape index (κ3) is 2.79. The molecular formula is C17H18FNO3S. The molecule has 1 amide bonds. The van der Waals surface area contributed by atoms with Crippen LogP contribution in [0.2, 0.25) is 0 Å². The van der Waals surface area contributed by atoms with Crippen molar-refractivity contribution in [1.82, 2.24) is 4.90 Å². The van der Waals surface area contributed by atoms with Gasteiger partial charge in [0.05, 0.1) is 24.6 Å². The number of halogens is 1. The van der Waals surface area contributed by atoms with Crippen LogP contribution in [-0.4, -0.2) is 30.6 Å². The molecule has 6 heteroatoms. The van der Waals surface area contributed by atoms with E-state index in [1.54, 1.807) is 23.1 Å². The van der Waals surface area contributed by atoms with Gasteiger partial charge in [0, 0.05) is 12.1 Å². The van der Waals surface area contributed by atoms with Crippen molar-refractivity contribution < 1.29 is 18.7 Å². The number of carbonyl (C=O) groups is 1. The summed E-state index contributed by atoms with van der Waals surface area (Å²) >= 11 is 1.31. The summed E-state index contributed by atoms with van der Waals surface area (Å²) in [5, 5.41) is 0.712. The molecule has 0 fully saturated rings. The molecule has 122 valence electrons. The minimum Gasteiger partial charge on any atom is -0.494 e. The topological polar surface area (TPSA) is 38.8 Å². The van der Waals surface area contributed by atoms with Crippen molar-refractivity contribution in [2.75, 3.05) is 13.7 Å². The Morgan fingerprint density at radius 3 is 2.91 bits per heavy atom. The Labute approximate surface area is 138 Å². The molecule has 0 bridgehead atoms. The van der Waals surface area contributed by atoms with Crippen LogP contribution in [-0.2, 0) is 4.74 Å². The fourth-order valence-electron chi connectivity index (χ4n) is 2.89. The lowest BCUT2D eigenvalue weighted by molar-refractivity contribution is 0.0780. The van der Waals surface area contributed by atoms with Crippen LogP contribution in [0.4, 0.5) is 4.39 Å². The number of ether oxygens (including phenoxy) is 2. The van der Waals surface area contributed by atoms with Crippen LogP contribution in [0.1, 0.15) is 29.9 Å². The zero-order chi connectivity index (χ0) is 16.6. The molecule has 2 aliphatic rings. The third-order valence-electron chi connectivity index (χ3n) is 3.91. The van der Waals surface area contributed by atoms with E-state index in [1.807, 2.05) is 19.9 Å². The number of nitrogens with zero attached hydrogens (tertiary/aromatic N) is 1. The summed E-state index contributed by atoms with van der Waals surface area (Å²) in [6, 6.07) is 3.24. The molecule has 1 aliphatic carbocycles. The summed E-state index contributed by atoms with van der Waals surface area (Å²) in [4.78, 5) is 15.1. The molecule has 1 aliphatic heterocycles. The fourth-order valence-corrected chi connectivity index (χ4v) is 3.75. The number of amides is 1. The molecule has 1 aromatic rings. The minimum atomic E-state index is -0.330. The van der Waals surface area contributed by atoms with E-state index in [-0.39, 0.29) is 30.0 Å². The van der Waals surface area contributed by atoms with Crippen molar-refractivity contribution in [2.24, 2.45) is 0 Å². The normalized spacial score (nSPS) is 20.2. The Balaban J connectivity index is 1.86. The molecule has 1 unspecified atom stereocenters. The van der Waals surface area contributed by atoms with Gasteiger partial charge in [-0.2, -0.15) is 0 Å². The number of allylic oxidation sites excluding steroid dienone is 2. The van der Waals surface area contributed by atoms with Gasteiger partial charge in [0.25, 0.3) is 5.91 Å². The van der Waals surface area contributed by atoms with Crippen molar-refractivity contribution in [1.29, 1.82) is 0 Å². The largest absolute Gasteiger partial charge is 0.494 e. The summed E-state index contributed by atoms with van der Waals surface area (Å²) < 4.78 is 24.5. The Morgan fingerprint density at radius 1 is 1.43 bits per heavy atom. The Hall–Kier alpha value is -2.08. The maximum Gasteiger partial charge on any atom is 0.268 e. The fraction of sp³-hybridized carbons (Fsp3) is 0.353. The van der Waals surface area contributed by atoms with Gasteiger partial charge < -0.3 is 14.4 Å². The number of thiophene rings is 1. The first-order valence-corrected chi connectivity index (χ1v) is 8.25. The zero-order valence-corrected chi connectivity index (χ0v) is 14.1. The first-order chi connectivity index (χ1) is 11.0. The van der Waals surface area contributed by atoms with Crippen LogP contribution in [0, 0.1) is 0 Å². The maximum absolute atomic E-state index is 14.1. The Bertz CT molecular complexity index is 732. The molecule has 0 aromatic carbocycles. The number of fused-ring (bicyclic) bond motifs is 1. The van der Waals surface area contributed by atoms with Crippen LogP contribution in [0.5, 0.6) is 5.06 Å². The number of hydrogen-bond acceptors (Lipinski definition) is 4. The van der Waals surface area contributed by atoms with Gasteiger partial charge in [-0.15, -0.1) is 0 Å². The summed E-state index contributed by atoms with van der Waals surface area (Å²) in [6.07, 6.45) is 3.71. The van der Waals surface area contributed by atoms with Crippen molar-refractivity contribution in [3.05, 3.63) is 52.0 Å². The second-order valence-corrected chi connectivity index (χ2v) is 6.40. The SMILES string of the molecule is CCOc1ccc(C(=O)N2C(C)=CC3=CC(OC)=C(F)CC32)s1. The van der Waals surface area contributed by atoms with Crippen molar-refractivity contribution >= 4 is 17.2 Å². The van der Waals surface area contributed by atoms with Gasteiger partial charge in [0.1, 0.15) is 5.83 Å². The van der Waals surface area contributed by atoms with E-state index in [2.05, 4.69) is 0 Å². The first kappa shape index (κ1) is 15.8. The van der Waals surface area contributed by atoms with E-state index in [4.69, 9.17) is 9.47 Å².